The fourth-order valence-corrected chi connectivity index (χ4v) is 2.71. The highest BCUT2D eigenvalue weighted by atomic mass is 19.1. The molecule has 19 heavy (non-hydrogen) atoms. The first-order valence-electron chi connectivity index (χ1n) is 7.04. The summed E-state index contributed by atoms with van der Waals surface area (Å²) in [4.78, 5) is 2.10. The van der Waals surface area contributed by atoms with Gasteiger partial charge in [-0.3, -0.25) is 0 Å². The Labute approximate surface area is 114 Å². The third-order valence-electron chi connectivity index (χ3n) is 3.67. The maximum Gasteiger partial charge on any atom is 0.146 e. The number of ether oxygens (including phenoxy) is 1. The van der Waals surface area contributed by atoms with E-state index in [1.54, 1.807) is 6.07 Å². The predicted molar refractivity (Wildman–Crippen MR) is 75.9 cm³/mol. The van der Waals surface area contributed by atoms with E-state index in [0.717, 1.165) is 38.1 Å². The van der Waals surface area contributed by atoms with E-state index in [9.17, 15) is 4.39 Å². The maximum absolute atomic E-state index is 14.1. The lowest BCUT2D eigenvalue weighted by molar-refractivity contribution is 0.0458. The lowest BCUT2D eigenvalue weighted by atomic mass is 10.0. The zero-order valence-corrected chi connectivity index (χ0v) is 11.7. The Morgan fingerprint density at radius 2 is 2.11 bits per heavy atom. The fraction of sp³-hybridized carbons (Fsp3) is 0.600. The van der Waals surface area contributed by atoms with Gasteiger partial charge >= 0.3 is 0 Å². The van der Waals surface area contributed by atoms with Crippen molar-refractivity contribution < 1.29 is 9.13 Å². The Morgan fingerprint density at radius 3 is 2.68 bits per heavy atom. The molecular formula is C15H23FN2O. The van der Waals surface area contributed by atoms with E-state index in [1.807, 2.05) is 19.9 Å². The minimum absolute atomic E-state index is 0.157. The predicted octanol–water partition coefficient (Wildman–Crippen LogP) is 2.85. The van der Waals surface area contributed by atoms with E-state index >= 15 is 0 Å². The summed E-state index contributed by atoms with van der Waals surface area (Å²) in [6.45, 7) is 6.30. The topological polar surface area (TPSA) is 38.5 Å². The van der Waals surface area contributed by atoms with Crippen LogP contribution in [0, 0.1) is 5.82 Å². The van der Waals surface area contributed by atoms with Gasteiger partial charge in [0.15, 0.2) is 0 Å². The molecule has 0 bridgehead atoms. The molecule has 0 amide bonds. The Kier molecular flexibility index (Phi) is 4.77. The third kappa shape index (κ3) is 3.25. The van der Waals surface area contributed by atoms with Crippen LogP contribution in [0.3, 0.4) is 0 Å². The quantitative estimate of drug-likeness (QED) is 0.910. The molecular weight excluding hydrogens is 243 g/mol. The normalized spacial score (nSPS) is 18.6. The molecule has 1 aromatic carbocycles. The summed E-state index contributed by atoms with van der Waals surface area (Å²) in [7, 11) is 0. The van der Waals surface area contributed by atoms with Crippen LogP contribution in [0.25, 0.3) is 0 Å². The fourth-order valence-electron chi connectivity index (χ4n) is 2.71. The van der Waals surface area contributed by atoms with Gasteiger partial charge in [-0.1, -0.05) is 12.1 Å². The smallest absolute Gasteiger partial charge is 0.146 e. The summed E-state index contributed by atoms with van der Waals surface area (Å²) < 4.78 is 19.7. The van der Waals surface area contributed by atoms with E-state index in [4.69, 9.17) is 10.5 Å². The molecule has 2 N–H and O–H groups in total. The van der Waals surface area contributed by atoms with Crippen LogP contribution in [0.4, 0.5) is 10.1 Å². The van der Waals surface area contributed by atoms with Gasteiger partial charge in [0, 0.05) is 25.7 Å². The van der Waals surface area contributed by atoms with Crippen molar-refractivity contribution in [2.45, 2.75) is 38.8 Å². The second kappa shape index (κ2) is 6.35. The molecule has 0 aromatic heterocycles. The molecule has 3 nitrogen and oxygen atoms in total. The van der Waals surface area contributed by atoms with Crippen molar-refractivity contribution in [3.8, 4) is 0 Å². The van der Waals surface area contributed by atoms with Gasteiger partial charge in [-0.2, -0.15) is 0 Å². The van der Waals surface area contributed by atoms with Crippen molar-refractivity contribution in [2.24, 2.45) is 5.73 Å². The minimum atomic E-state index is -0.176. The number of rotatable bonds is 4. The molecule has 0 spiro atoms. The summed E-state index contributed by atoms with van der Waals surface area (Å²) in [6, 6.07) is 4.99. The number of benzene rings is 1. The first kappa shape index (κ1) is 14.3. The average Bonchev–Trinajstić information content (AvgIpc) is 2.40. The Bertz CT molecular complexity index is 415. The van der Waals surface area contributed by atoms with Crippen molar-refractivity contribution >= 4 is 5.69 Å². The van der Waals surface area contributed by atoms with E-state index in [-0.39, 0.29) is 11.9 Å². The van der Waals surface area contributed by atoms with Gasteiger partial charge in [-0.05, 0) is 38.3 Å². The Morgan fingerprint density at radius 1 is 1.42 bits per heavy atom. The standard InChI is InChI=1S/C15H23FN2O/c1-3-19-12-7-9-18(10-8-12)15-13(11(2)17)5-4-6-14(15)16/h4-6,11-12H,3,7-10,17H2,1-2H3/t11-/m1/s1. The van der Waals surface area contributed by atoms with Crippen LogP contribution in [-0.2, 0) is 4.74 Å². The monoisotopic (exact) mass is 266 g/mol. The number of para-hydroxylation sites is 1. The zero-order valence-electron chi connectivity index (χ0n) is 11.7. The highest BCUT2D eigenvalue weighted by Crippen LogP contribution is 2.31. The van der Waals surface area contributed by atoms with Crippen molar-refractivity contribution in [3.05, 3.63) is 29.6 Å². The van der Waals surface area contributed by atoms with Crippen LogP contribution in [0.1, 0.15) is 38.3 Å². The van der Waals surface area contributed by atoms with Crippen molar-refractivity contribution in [3.63, 3.8) is 0 Å². The summed E-state index contributed by atoms with van der Waals surface area (Å²) in [5.74, 6) is -0.176. The van der Waals surface area contributed by atoms with Gasteiger partial charge in [-0.25, -0.2) is 4.39 Å². The number of halogens is 1. The number of hydrogen-bond acceptors (Lipinski definition) is 3. The number of nitrogens with two attached hydrogens (primary N) is 1. The average molecular weight is 266 g/mol. The molecule has 1 heterocycles. The molecule has 0 saturated carbocycles. The number of anilines is 1. The van der Waals surface area contributed by atoms with Crippen LogP contribution >= 0.6 is 0 Å². The summed E-state index contributed by atoms with van der Waals surface area (Å²) in [6.07, 6.45) is 2.20. The van der Waals surface area contributed by atoms with Crippen LogP contribution < -0.4 is 10.6 Å². The molecule has 106 valence electrons. The summed E-state index contributed by atoms with van der Waals surface area (Å²) in [5, 5.41) is 0. The highest BCUT2D eigenvalue weighted by Gasteiger charge is 2.24. The van der Waals surface area contributed by atoms with Gasteiger partial charge in [0.05, 0.1) is 11.8 Å². The molecule has 0 radical (unpaired) electrons. The van der Waals surface area contributed by atoms with Gasteiger partial charge in [0.25, 0.3) is 0 Å². The van der Waals surface area contributed by atoms with Gasteiger partial charge in [-0.15, -0.1) is 0 Å². The first-order valence-corrected chi connectivity index (χ1v) is 7.04. The lowest BCUT2D eigenvalue weighted by Crippen LogP contribution is -2.38. The number of hydrogen-bond donors (Lipinski definition) is 1. The van der Waals surface area contributed by atoms with Gasteiger partial charge in [0.2, 0.25) is 0 Å². The molecule has 1 fully saturated rings. The highest BCUT2D eigenvalue weighted by molar-refractivity contribution is 5.56. The van der Waals surface area contributed by atoms with E-state index in [0.29, 0.717) is 11.8 Å². The van der Waals surface area contributed by atoms with Crippen molar-refractivity contribution in [1.29, 1.82) is 0 Å². The molecule has 1 aliphatic heterocycles. The first-order chi connectivity index (χ1) is 9.13. The third-order valence-corrected chi connectivity index (χ3v) is 3.67. The van der Waals surface area contributed by atoms with Crippen LogP contribution in [-0.4, -0.2) is 25.8 Å². The summed E-state index contributed by atoms with van der Waals surface area (Å²) >= 11 is 0. The molecule has 1 aliphatic rings. The summed E-state index contributed by atoms with van der Waals surface area (Å²) in [5.41, 5.74) is 7.50. The van der Waals surface area contributed by atoms with Gasteiger partial charge in [0.1, 0.15) is 5.82 Å². The molecule has 0 unspecified atom stereocenters. The van der Waals surface area contributed by atoms with Crippen molar-refractivity contribution in [2.75, 3.05) is 24.6 Å². The second-order valence-corrected chi connectivity index (χ2v) is 5.11. The van der Waals surface area contributed by atoms with Crippen LogP contribution in [0.5, 0.6) is 0 Å². The molecule has 2 rings (SSSR count). The Balaban J connectivity index is 2.15. The SMILES string of the molecule is CCOC1CCN(c2c(F)cccc2[C@@H](C)N)CC1. The maximum atomic E-state index is 14.1. The molecule has 0 aliphatic carbocycles. The molecule has 1 atom stereocenters. The second-order valence-electron chi connectivity index (χ2n) is 5.11. The lowest BCUT2D eigenvalue weighted by Gasteiger charge is -2.35. The van der Waals surface area contributed by atoms with Crippen molar-refractivity contribution in [1.82, 2.24) is 0 Å². The van der Waals surface area contributed by atoms with E-state index in [1.165, 1.54) is 6.07 Å². The Hall–Kier alpha value is -1.13. The van der Waals surface area contributed by atoms with E-state index < -0.39 is 0 Å². The minimum Gasteiger partial charge on any atom is -0.378 e. The van der Waals surface area contributed by atoms with E-state index in [2.05, 4.69) is 4.90 Å². The molecule has 4 heteroatoms. The zero-order chi connectivity index (χ0) is 13.8. The number of nitrogens with zero attached hydrogens (tertiary/aromatic N) is 1. The molecule has 1 saturated heterocycles. The molecule has 1 aromatic rings. The number of piperidine rings is 1. The van der Waals surface area contributed by atoms with Gasteiger partial charge < -0.3 is 15.4 Å². The van der Waals surface area contributed by atoms with Crippen LogP contribution in [0.15, 0.2) is 18.2 Å². The van der Waals surface area contributed by atoms with Crippen LogP contribution in [0.2, 0.25) is 0 Å². The largest absolute Gasteiger partial charge is 0.378 e.